The average Bonchev–Trinajstić information content (AvgIpc) is 2.32. The largest absolute Gasteiger partial charge is 0.400 e. The Balaban J connectivity index is 0. The molecule has 0 aliphatic rings. The maximum Gasteiger partial charge on any atom is 0.400 e. The number of alkyl halides is 3. The summed E-state index contributed by atoms with van der Waals surface area (Å²) in [6, 6.07) is 0. The molecule has 4 nitrogen and oxygen atoms in total. The van der Waals surface area contributed by atoms with E-state index in [2.05, 4.69) is 5.32 Å². The first-order valence-corrected chi connectivity index (χ1v) is 8.16. The van der Waals surface area contributed by atoms with Crippen molar-refractivity contribution in [1.29, 1.82) is 0 Å². The Morgan fingerprint density at radius 1 is 1.10 bits per heavy atom. The zero-order valence-electron chi connectivity index (χ0n) is 12.3. The lowest BCUT2D eigenvalue weighted by Gasteiger charge is -2.17. The summed E-state index contributed by atoms with van der Waals surface area (Å²) >= 11 is 0. The lowest BCUT2D eigenvalue weighted by Crippen LogP contribution is -2.38. The second-order valence-corrected chi connectivity index (χ2v) is 6.06. The van der Waals surface area contributed by atoms with E-state index < -0.39 is 28.0 Å². The summed E-state index contributed by atoms with van der Waals surface area (Å²) in [5, 5.41) is -1.95. The topological polar surface area (TPSA) is 66.4 Å². The van der Waals surface area contributed by atoms with Gasteiger partial charge in [-0.15, -0.1) is 0 Å². The Labute approximate surface area is 119 Å². The molecule has 1 atom stereocenters. The van der Waals surface area contributed by atoms with Gasteiger partial charge in [-0.3, -0.25) is 4.55 Å². The summed E-state index contributed by atoms with van der Waals surface area (Å²) < 4.78 is 67.1. The highest BCUT2D eigenvalue weighted by Gasteiger charge is 2.52. The van der Waals surface area contributed by atoms with E-state index in [1.165, 1.54) is 0 Å². The second kappa shape index (κ2) is 11.3. The summed E-state index contributed by atoms with van der Waals surface area (Å²) in [6.45, 7) is 2.03. The number of hydrogen-bond donors (Lipinski definition) is 2. The lowest BCUT2D eigenvalue weighted by molar-refractivity contribution is -0.00708. The van der Waals surface area contributed by atoms with Crippen LogP contribution in [0.1, 0.15) is 51.9 Å². The van der Waals surface area contributed by atoms with Gasteiger partial charge >= 0.3 is 15.4 Å². The van der Waals surface area contributed by atoms with Crippen LogP contribution in [-0.2, 0) is 10.1 Å². The molecular weight excluding hydrogens is 295 g/mol. The fourth-order valence-corrected chi connectivity index (χ4v) is 1.87. The fourth-order valence-electron chi connectivity index (χ4n) is 1.43. The molecule has 0 saturated heterocycles. The monoisotopic (exact) mass is 321 g/mol. The van der Waals surface area contributed by atoms with E-state index in [-0.39, 0.29) is 6.42 Å². The highest BCUT2D eigenvalue weighted by molar-refractivity contribution is 7.86. The van der Waals surface area contributed by atoms with Crippen molar-refractivity contribution in [3.05, 3.63) is 0 Å². The second-order valence-electron chi connectivity index (χ2n) is 4.56. The van der Waals surface area contributed by atoms with E-state index in [1.54, 1.807) is 0 Å². The van der Waals surface area contributed by atoms with Crippen LogP contribution < -0.4 is 5.32 Å². The lowest BCUT2D eigenvalue weighted by atomic mass is 10.1. The molecule has 0 fully saturated rings. The molecule has 0 bridgehead atoms. The highest BCUT2D eigenvalue weighted by Crippen LogP contribution is 2.30. The molecule has 124 valence electrons. The van der Waals surface area contributed by atoms with Crippen LogP contribution in [0.15, 0.2) is 0 Å². The normalized spacial score (nSPS) is 13.6. The highest BCUT2D eigenvalue weighted by atomic mass is 32.2. The predicted octanol–water partition coefficient (Wildman–Crippen LogP) is 3.39. The number of halogens is 3. The van der Waals surface area contributed by atoms with Crippen molar-refractivity contribution >= 4 is 10.1 Å². The van der Waals surface area contributed by atoms with Crippen molar-refractivity contribution in [1.82, 2.24) is 5.32 Å². The van der Waals surface area contributed by atoms with E-state index >= 15 is 0 Å². The fraction of sp³-hybridized carbons (Fsp3) is 1.00. The van der Waals surface area contributed by atoms with Gasteiger partial charge in [0.05, 0.1) is 0 Å². The van der Waals surface area contributed by atoms with Crippen LogP contribution in [0.4, 0.5) is 13.2 Å². The van der Waals surface area contributed by atoms with Gasteiger partial charge < -0.3 is 5.32 Å². The van der Waals surface area contributed by atoms with Gasteiger partial charge in [0.2, 0.25) is 0 Å². The van der Waals surface area contributed by atoms with Crippen molar-refractivity contribution in [3.63, 3.8) is 0 Å². The first kappa shape index (κ1) is 21.9. The standard InChI is InChI=1S/C10H19F3O3S.C2H7N/c1-2-3-4-5-6-7-8-9(11)10(12,13)17(14,15)16;1-3-2/h9H,2-8H2,1H3,(H,14,15,16);3H,1-2H3. The molecular formula is C12H26F3NO3S. The zero-order valence-corrected chi connectivity index (χ0v) is 13.1. The Hall–Kier alpha value is -0.340. The molecule has 0 rings (SSSR count). The van der Waals surface area contributed by atoms with Crippen LogP contribution in [0.25, 0.3) is 0 Å². The summed E-state index contributed by atoms with van der Waals surface area (Å²) in [5.41, 5.74) is 0. The molecule has 1 unspecified atom stereocenters. The molecule has 0 heterocycles. The maximum atomic E-state index is 13.0. The third-order valence-corrected chi connectivity index (χ3v) is 3.46. The number of rotatable bonds is 9. The molecule has 0 spiro atoms. The van der Waals surface area contributed by atoms with Crippen molar-refractivity contribution in [2.24, 2.45) is 0 Å². The molecule has 0 amide bonds. The maximum absolute atomic E-state index is 13.0. The Morgan fingerprint density at radius 3 is 1.90 bits per heavy atom. The van der Waals surface area contributed by atoms with Gasteiger partial charge in [0.25, 0.3) is 0 Å². The molecule has 0 radical (unpaired) electrons. The summed E-state index contributed by atoms with van der Waals surface area (Å²) in [4.78, 5) is 0. The van der Waals surface area contributed by atoms with Crippen LogP contribution in [0.2, 0.25) is 0 Å². The Bertz CT molecular complexity index is 324. The average molecular weight is 321 g/mol. The van der Waals surface area contributed by atoms with Crippen LogP contribution >= 0.6 is 0 Å². The van der Waals surface area contributed by atoms with E-state index in [0.29, 0.717) is 6.42 Å². The zero-order chi connectivity index (χ0) is 16.2. The Kier molecular flexibility index (Phi) is 12.4. The van der Waals surface area contributed by atoms with Gasteiger partial charge in [0, 0.05) is 0 Å². The molecule has 2 N–H and O–H groups in total. The quantitative estimate of drug-likeness (QED) is 0.504. The minimum atomic E-state index is -5.66. The number of unbranched alkanes of at least 4 members (excludes halogenated alkanes) is 5. The molecule has 20 heavy (non-hydrogen) atoms. The number of hydrogen-bond acceptors (Lipinski definition) is 3. The first-order valence-electron chi connectivity index (χ1n) is 6.72. The van der Waals surface area contributed by atoms with Crippen molar-refractivity contribution in [2.45, 2.75) is 63.3 Å². The molecule has 0 aliphatic carbocycles. The Morgan fingerprint density at radius 2 is 1.50 bits per heavy atom. The first-order chi connectivity index (χ1) is 9.15. The van der Waals surface area contributed by atoms with Gasteiger partial charge in [-0.25, -0.2) is 4.39 Å². The molecule has 0 saturated carbocycles. The van der Waals surface area contributed by atoms with Crippen molar-refractivity contribution < 1.29 is 26.1 Å². The summed E-state index contributed by atoms with van der Waals surface area (Å²) in [6.07, 6.45) is 1.24. The molecule has 0 aromatic heterocycles. The minimum absolute atomic E-state index is 0.190. The predicted molar refractivity (Wildman–Crippen MR) is 74.4 cm³/mol. The minimum Gasteiger partial charge on any atom is -0.323 e. The summed E-state index contributed by atoms with van der Waals surface area (Å²) in [5.74, 6) is 0. The van der Waals surface area contributed by atoms with Crippen LogP contribution in [-0.4, -0.2) is 38.5 Å². The van der Waals surface area contributed by atoms with E-state index in [0.717, 1.165) is 25.7 Å². The van der Waals surface area contributed by atoms with Crippen LogP contribution in [0.3, 0.4) is 0 Å². The van der Waals surface area contributed by atoms with E-state index in [4.69, 9.17) is 4.55 Å². The smallest absolute Gasteiger partial charge is 0.323 e. The van der Waals surface area contributed by atoms with E-state index in [9.17, 15) is 21.6 Å². The molecule has 0 aliphatic heterocycles. The van der Waals surface area contributed by atoms with Gasteiger partial charge in [-0.1, -0.05) is 45.4 Å². The third kappa shape index (κ3) is 9.55. The van der Waals surface area contributed by atoms with Crippen molar-refractivity contribution in [2.75, 3.05) is 14.1 Å². The van der Waals surface area contributed by atoms with Crippen LogP contribution in [0.5, 0.6) is 0 Å². The number of nitrogens with one attached hydrogen (secondary N) is 1. The van der Waals surface area contributed by atoms with E-state index in [1.807, 2.05) is 21.0 Å². The van der Waals surface area contributed by atoms with Gasteiger partial charge in [0.15, 0.2) is 6.17 Å². The van der Waals surface area contributed by atoms with Gasteiger partial charge in [-0.2, -0.15) is 17.2 Å². The van der Waals surface area contributed by atoms with Crippen LogP contribution in [0, 0.1) is 0 Å². The molecule has 8 heteroatoms. The SMILES string of the molecule is CCCCCCCCC(F)C(F)(F)S(=O)(=O)O.CNC. The van der Waals surface area contributed by atoms with Gasteiger partial charge in [-0.05, 0) is 20.5 Å². The third-order valence-electron chi connectivity index (χ3n) is 2.52. The van der Waals surface area contributed by atoms with Crippen molar-refractivity contribution in [3.8, 4) is 0 Å². The molecule has 0 aromatic carbocycles. The molecule has 0 aromatic rings. The summed E-state index contributed by atoms with van der Waals surface area (Å²) in [7, 11) is -1.91. The van der Waals surface area contributed by atoms with Gasteiger partial charge in [0.1, 0.15) is 0 Å².